The van der Waals surface area contributed by atoms with Crippen LogP contribution in [0.4, 0.5) is 0 Å². The summed E-state index contributed by atoms with van der Waals surface area (Å²) in [6, 6.07) is 3.32. The Bertz CT molecular complexity index is 428. The Morgan fingerprint density at radius 2 is 2.33 bits per heavy atom. The lowest BCUT2D eigenvalue weighted by Gasteiger charge is -2.17. The summed E-state index contributed by atoms with van der Waals surface area (Å²) in [4.78, 5) is 0. The number of nitrogens with zero attached hydrogens (tertiary/aromatic N) is 1. The van der Waals surface area contributed by atoms with Crippen molar-refractivity contribution in [3.8, 4) is 12.3 Å². The molecule has 0 saturated heterocycles. The minimum absolute atomic E-state index is 0.133. The third-order valence-electron chi connectivity index (χ3n) is 1.83. The highest BCUT2D eigenvalue weighted by molar-refractivity contribution is 7.91. The van der Waals surface area contributed by atoms with Crippen LogP contribution in [-0.2, 0) is 10.0 Å². The van der Waals surface area contributed by atoms with Crippen LogP contribution in [0.5, 0.6) is 0 Å². The number of sulfonamides is 1. The smallest absolute Gasteiger partial charge is 0.206 e. The fraction of sp³-hybridized carbons (Fsp3) is 0.400. The van der Waals surface area contributed by atoms with E-state index in [0.717, 1.165) is 6.42 Å². The first kappa shape index (κ1) is 12.2. The van der Waals surface area contributed by atoms with Crippen molar-refractivity contribution in [1.29, 1.82) is 0 Å². The molecule has 0 N–H and O–H groups in total. The quantitative estimate of drug-likeness (QED) is 0.739. The largest absolute Gasteiger partial charge is 0.253 e. The van der Waals surface area contributed by atoms with Crippen LogP contribution in [0.3, 0.4) is 0 Å². The predicted molar refractivity (Wildman–Crippen MR) is 62.2 cm³/mol. The highest BCUT2D eigenvalue weighted by Gasteiger charge is 2.23. The van der Waals surface area contributed by atoms with E-state index >= 15 is 0 Å². The Labute approximate surface area is 94.8 Å². The van der Waals surface area contributed by atoms with Crippen LogP contribution in [0.1, 0.15) is 13.3 Å². The van der Waals surface area contributed by atoms with Crippen LogP contribution in [-0.4, -0.2) is 25.8 Å². The lowest BCUT2D eigenvalue weighted by atomic mass is 10.5. The molecule has 0 fully saturated rings. The highest BCUT2D eigenvalue weighted by atomic mass is 32.2. The number of thiophene rings is 1. The Hall–Kier alpha value is -0.830. The van der Waals surface area contributed by atoms with Gasteiger partial charge in [0.25, 0.3) is 10.0 Å². The van der Waals surface area contributed by atoms with E-state index in [2.05, 4.69) is 5.92 Å². The lowest BCUT2D eigenvalue weighted by molar-refractivity contribution is 0.447. The number of hydrogen-bond donors (Lipinski definition) is 0. The normalized spacial score (nSPS) is 11.5. The van der Waals surface area contributed by atoms with Crippen LogP contribution in [0.25, 0.3) is 0 Å². The fourth-order valence-electron chi connectivity index (χ4n) is 1.17. The van der Waals surface area contributed by atoms with Gasteiger partial charge in [0, 0.05) is 6.54 Å². The third-order valence-corrected chi connectivity index (χ3v) is 5.05. The summed E-state index contributed by atoms with van der Waals surface area (Å²) < 4.78 is 25.7. The van der Waals surface area contributed by atoms with Gasteiger partial charge in [0.05, 0.1) is 6.54 Å². The molecule has 0 atom stereocenters. The van der Waals surface area contributed by atoms with Gasteiger partial charge in [-0.2, -0.15) is 4.31 Å². The molecule has 1 rings (SSSR count). The van der Waals surface area contributed by atoms with E-state index in [-0.39, 0.29) is 6.54 Å². The molecule has 15 heavy (non-hydrogen) atoms. The van der Waals surface area contributed by atoms with Crippen molar-refractivity contribution in [2.75, 3.05) is 13.1 Å². The standard InChI is InChI=1S/C10H13NO2S2/c1-3-7-11(8-4-2)15(12,13)10-6-5-9-14-10/h1,5-6,9H,4,7-8H2,2H3. The minimum atomic E-state index is -3.37. The van der Waals surface area contributed by atoms with Crippen LogP contribution >= 0.6 is 11.3 Å². The minimum Gasteiger partial charge on any atom is -0.206 e. The summed E-state index contributed by atoms with van der Waals surface area (Å²) in [6.07, 6.45) is 5.91. The van der Waals surface area contributed by atoms with Gasteiger partial charge >= 0.3 is 0 Å². The second kappa shape index (κ2) is 5.31. The zero-order valence-corrected chi connectivity index (χ0v) is 10.1. The molecule has 3 nitrogen and oxygen atoms in total. The van der Waals surface area contributed by atoms with Crippen molar-refractivity contribution >= 4 is 21.4 Å². The van der Waals surface area contributed by atoms with Crippen molar-refractivity contribution in [2.45, 2.75) is 17.6 Å². The average Bonchev–Trinajstić information content (AvgIpc) is 2.70. The second-order valence-electron chi connectivity index (χ2n) is 2.97. The molecule has 0 spiro atoms. The fourth-order valence-corrected chi connectivity index (χ4v) is 3.76. The van der Waals surface area contributed by atoms with Gasteiger partial charge in [-0.25, -0.2) is 8.42 Å². The van der Waals surface area contributed by atoms with Crippen LogP contribution in [0.15, 0.2) is 21.7 Å². The molecule has 5 heteroatoms. The van der Waals surface area contributed by atoms with E-state index in [4.69, 9.17) is 6.42 Å². The van der Waals surface area contributed by atoms with Crippen molar-refractivity contribution in [2.24, 2.45) is 0 Å². The summed E-state index contributed by atoms with van der Waals surface area (Å²) in [7, 11) is -3.37. The molecule has 0 aliphatic heterocycles. The number of hydrogen-bond acceptors (Lipinski definition) is 3. The Morgan fingerprint density at radius 1 is 1.60 bits per heavy atom. The van der Waals surface area contributed by atoms with Crippen molar-refractivity contribution in [3.05, 3.63) is 17.5 Å². The zero-order valence-electron chi connectivity index (χ0n) is 8.51. The van der Waals surface area contributed by atoms with E-state index in [0.29, 0.717) is 10.8 Å². The molecule has 0 amide bonds. The molecule has 0 unspecified atom stereocenters. The topological polar surface area (TPSA) is 37.4 Å². The predicted octanol–water partition coefficient (Wildman–Crippen LogP) is 1.78. The molecule has 0 aliphatic rings. The van der Waals surface area contributed by atoms with Gasteiger partial charge in [-0.3, -0.25) is 0 Å². The van der Waals surface area contributed by atoms with Crippen LogP contribution in [0, 0.1) is 12.3 Å². The highest BCUT2D eigenvalue weighted by Crippen LogP contribution is 2.20. The molecule has 1 aromatic heterocycles. The first-order valence-corrected chi connectivity index (χ1v) is 6.92. The Morgan fingerprint density at radius 3 is 2.80 bits per heavy atom. The van der Waals surface area contributed by atoms with E-state index < -0.39 is 10.0 Å². The van der Waals surface area contributed by atoms with Crippen molar-refractivity contribution in [1.82, 2.24) is 4.31 Å². The first-order chi connectivity index (χ1) is 7.12. The summed E-state index contributed by atoms with van der Waals surface area (Å²) in [6.45, 7) is 2.52. The molecule has 0 aliphatic carbocycles. The molecule has 0 bridgehead atoms. The molecular weight excluding hydrogens is 230 g/mol. The molecule has 0 saturated carbocycles. The van der Waals surface area contributed by atoms with Crippen LogP contribution in [0.2, 0.25) is 0 Å². The van der Waals surface area contributed by atoms with Gasteiger partial charge in [-0.05, 0) is 17.9 Å². The maximum absolute atomic E-state index is 12.0. The van der Waals surface area contributed by atoms with Gasteiger partial charge in [-0.1, -0.05) is 18.9 Å². The molecule has 0 radical (unpaired) electrons. The van der Waals surface area contributed by atoms with E-state index in [9.17, 15) is 8.42 Å². The van der Waals surface area contributed by atoms with Crippen LogP contribution < -0.4 is 0 Å². The number of rotatable bonds is 5. The second-order valence-corrected chi connectivity index (χ2v) is 6.09. The Kier molecular flexibility index (Phi) is 4.33. The maximum atomic E-state index is 12.0. The summed E-state index contributed by atoms with van der Waals surface area (Å²) >= 11 is 1.21. The van der Waals surface area contributed by atoms with Gasteiger partial charge in [0.2, 0.25) is 0 Å². The first-order valence-electron chi connectivity index (χ1n) is 4.60. The van der Waals surface area contributed by atoms with Crippen molar-refractivity contribution < 1.29 is 8.42 Å². The summed E-state index contributed by atoms with van der Waals surface area (Å²) in [5, 5.41) is 1.74. The summed E-state index contributed by atoms with van der Waals surface area (Å²) in [5.41, 5.74) is 0. The molecular formula is C10H13NO2S2. The van der Waals surface area contributed by atoms with Gasteiger partial charge in [0.15, 0.2) is 0 Å². The number of terminal acetylenes is 1. The Balaban J connectivity index is 2.97. The summed E-state index contributed by atoms with van der Waals surface area (Å²) in [5.74, 6) is 2.37. The average molecular weight is 243 g/mol. The lowest BCUT2D eigenvalue weighted by Crippen LogP contribution is -2.31. The molecule has 82 valence electrons. The van der Waals surface area contributed by atoms with Gasteiger partial charge in [-0.15, -0.1) is 17.8 Å². The SMILES string of the molecule is C#CCN(CCC)S(=O)(=O)c1cccs1. The van der Waals surface area contributed by atoms with Gasteiger partial charge in [0.1, 0.15) is 4.21 Å². The molecule has 1 heterocycles. The zero-order chi connectivity index (χ0) is 11.3. The van der Waals surface area contributed by atoms with E-state index in [1.165, 1.54) is 15.6 Å². The van der Waals surface area contributed by atoms with Crippen molar-refractivity contribution in [3.63, 3.8) is 0 Å². The maximum Gasteiger partial charge on any atom is 0.253 e. The third kappa shape index (κ3) is 2.81. The van der Waals surface area contributed by atoms with Gasteiger partial charge < -0.3 is 0 Å². The molecule has 1 aromatic rings. The molecule has 0 aromatic carbocycles. The van der Waals surface area contributed by atoms with E-state index in [1.807, 2.05) is 6.92 Å². The monoisotopic (exact) mass is 243 g/mol. The van der Waals surface area contributed by atoms with E-state index in [1.54, 1.807) is 17.5 Å².